The first kappa shape index (κ1) is 18.4. The maximum absolute atomic E-state index is 12.6. The van der Waals surface area contributed by atoms with Gasteiger partial charge in [-0.1, -0.05) is 0 Å². The minimum Gasteiger partial charge on any atom is -0.348 e. The molecule has 1 aliphatic rings. The number of hydrogen-bond donors (Lipinski definition) is 1. The highest BCUT2D eigenvalue weighted by Crippen LogP contribution is 2.29. The van der Waals surface area contributed by atoms with Crippen LogP contribution in [0.2, 0.25) is 0 Å². The molecule has 0 unspecified atom stereocenters. The third kappa shape index (κ3) is 3.76. The van der Waals surface area contributed by atoms with Gasteiger partial charge < -0.3 is 5.32 Å². The minimum absolute atomic E-state index is 0.143. The summed E-state index contributed by atoms with van der Waals surface area (Å²) < 4.78 is 2.01. The molecule has 4 heterocycles. The van der Waals surface area contributed by atoms with E-state index in [-0.39, 0.29) is 11.9 Å². The van der Waals surface area contributed by atoms with Gasteiger partial charge in [-0.25, -0.2) is 9.97 Å². The monoisotopic (exact) mass is 399 g/mol. The number of carbonyl (C=O) groups excluding carboxylic acids is 1. The fourth-order valence-electron chi connectivity index (χ4n) is 3.94. The second kappa shape index (κ2) is 7.98. The van der Waals surface area contributed by atoms with E-state index in [2.05, 4.69) is 30.4 Å². The van der Waals surface area contributed by atoms with Crippen molar-refractivity contribution in [1.29, 1.82) is 0 Å². The molecule has 0 atom stereocenters. The molecule has 0 radical (unpaired) electrons. The summed E-state index contributed by atoms with van der Waals surface area (Å²) in [4.78, 5) is 29.7. The molecule has 30 heavy (non-hydrogen) atoms. The van der Waals surface area contributed by atoms with Crippen LogP contribution in [0.25, 0.3) is 22.3 Å². The first-order chi connectivity index (χ1) is 14.8. The van der Waals surface area contributed by atoms with Crippen molar-refractivity contribution in [2.24, 2.45) is 0 Å². The van der Waals surface area contributed by atoms with Gasteiger partial charge >= 0.3 is 0 Å². The SMILES string of the molecule is O=C(NC1CCC(n2cc(-c3cnccn3)cn2)CC1)c1ccc2cccnc2n1. The summed E-state index contributed by atoms with van der Waals surface area (Å²) in [6, 6.07) is 7.90. The van der Waals surface area contributed by atoms with Crippen LogP contribution in [0, 0.1) is 0 Å². The van der Waals surface area contributed by atoms with Crippen LogP contribution >= 0.6 is 0 Å². The molecule has 1 fully saturated rings. The Labute approximate surface area is 173 Å². The zero-order chi connectivity index (χ0) is 20.3. The lowest BCUT2D eigenvalue weighted by Crippen LogP contribution is -2.38. The van der Waals surface area contributed by atoms with E-state index in [9.17, 15) is 4.79 Å². The molecule has 1 aliphatic carbocycles. The van der Waals surface area contributed by atoms with Gasteiger partial charge in [0.2, 0.25) is 0 Å². The number of aromatic nitrogens is 6. The van der Waals surface area contributed by atoms with Crippen molar-refractivity contribution in [3.8, 4) is 11.3 Å². The Balaban J connectivity index is 1.20. The number of pyridine rings is 2. The van der Waals surface area contributed by atoms with E-state index in [0.717, 1.165) is 42.3 Å². The van der Waals surface area contributed by atoms with Crippen LogP contribution in [0.4, 0.5) is 0 Å². The smallest absolute Gasteiger partial charge is 0.270 e. The number of nitrogens with one attached hydrogen (secondary N) is 1. The molecule has 4 aromatic heterocycles. The van der Waals surface area contributed by atoms with Crippen LogP contribution in [-0.2, 0) is 0 Å². The van der Waals surface area contributed by atoms with Gasteiger partial charge in [0.1, 0.15) is 5.69 Å². The zero-order valence-electron chi connectivity index (χ0n) is 16.3. The maximum Gasteiger partial charge on any atom is 0.270 e. The topological polar surface area (TPSA) is 98.5 Å². The Morgan fingerprint density at radius 3 is 2.73 bits per heavy atom. The molecule has 8 nitrogen and oxygen atoms in total. The lowest BCUT2D eigenvalue weighted by atomic mass is 9.91. The second-order valence-corrected chi connectivity index (χ2v) is 7.53. The summed E-state index contributed by atoms with van der Waals surface area (Å²) in [7, 11) is 0. The fraction of sp³-hybridized carbons (Fsp3) is 0.273. The lowest BCUT2D eigenvalue weighted by Gasteiger charge is -2.29. The van der Waals surface area contributed by atoms with Gasteiger partial charge in [-0.3, -0.25) is 19.4 Å². The molecule has 0 spiro atoms. The number of carbonyl (C=O) groups is 1. The number of nitrogens with zero attached hydrogens (tertiary/aromatic N) is 6. The zero-order valence-corrected chi connectivity index (χ0v) is 16.3. The van der Waals surface area contributed by atoms with E-state index in [1.807, 2.05) is 35.3 Å². The van der Waals surface area contributed by atoms with Gasteiger partial charge in [-0.05, 0) is 49.9 Å². The van der Waals surface area contributed by atoms with Crippen molar-refractivity contribution in [2.75, 3.05) is 0 Å². The van der Waals surface area contributed by atoms with Crippen LogP contribution in [0.1, 0.15) is 42.2 Å². The lowest BCUT2D eigenvalue weighted by molar-refractivity contribution is 0.0917. The summed E-state index contributed by atoms with van der Waals surface area (Å²) in [5, 5.41) is 8.57. The average Bonchev–Trinajstić information content (AvgIpc) is 3.30. The van der Waals surface area contributed by atoms with Gasteiger partial charge in [0.15, 0.2) is 5.65 Å². The number of fused-ring (bicyclic) bond motifs is 1. The van der Waals surface area contributed by atoms with Crippen LogP contribution in [0.3, 0.4) is 0 Å². The molecule has 4 aromatic rings. The highest BCUT2D eigenvalue weighted by Gasteiger charge is 2.25. The molecule has 150 valence electrons. The Hall–Kier alpha value is -3.68. The Morgan fingerprint density at radius 2 is 1.90 bits per heavy atom. The van der Waals surface area contributed by atoms with E-state index in [1.54, 1.807) is 30.9 Å². The Morgan fingerprint density at radius 1 is 1.00 bits per heavy atom. The molecule has 0 aliphatic heterocycles. The average molecular weight is 399 g/mol. The molecule has 0 aromatic carbocycles. The third-order valence-corrected chi connectivity index (χ3v) is 5.56. The van der Waals surface area contributed by atoms with Crippen LogP contribution < -0.4 is 5.32 Å². The molecule has 0 saturated heterocycles. The van der Waals surface area contributed by atoms with E-state index in [0.29, 0.717) is 17.4 Å². The number of rotatable bonds is 4. The number of amides is 1. The largest absolute Gasteiger partial charge is 0.348 e. The summed E-state index contributed by atoms with van der Waals surface area (Å²) in [6.07, 6.45) is 14.3. The fourth-order valence-corrected chi connectivity index (χ4v) is 3.94. The highest BCUT2D eigenvalue weighted by atomic mass is 16.1. The van der Waals surface area contributed by atoms with Crippen molar-refractivity contribution in [2.45, 2.75) is 37.8 Å². The van der Waals surface area contributed by atoms with Gasteiger partial charge in [0, 0.05) is 41.8 Å². The predicted octanol–water partition coefficient (Wildman–Crippen LogP) is 3.20. The van der Waals surface area contributed by atoms with Gasteiger partial charge in [-0.2, -0.15) is 5.10 Å². The molecule has 1 N–H and O–H groups in total. The Bertz CT molecular complexity index is 1170. The summed E-state index contributed by atoms with van der Waals surface area (Å²) >= 11 is 0. The highest BCUT2D eigenvalue weighted by molar-refractivity contribution is 5.94. The number of hydrogen-bond acceptors (Lipinski definition) is 6. The predicted molar refractivity (Wildman–Crippen MR) is 112 cm³/mol. The molecule has 1 saturated carbocycles. The quantitative estimate of drug-likeness (QED) is 0.566. The van der Waals surface area contributed by atoms with Crippen molar-refractivity contribution < 1.29 is 4.79 Å². The second-order valence-electron chi connectivity index (χ2n) is 7.53. The van der Waals surface area contributed by atoms with E-state index >= 15 is 0 Å². The van der Waals surface area contributed by atoms with E-state index in [1.165, 1.54) is 0 Å². The molecule has 8 heteroatoms. The van der Waals surface area contributed by atoms with Crippen molar-refractivity contribution in [3.05, 3.63) is 67.1 Å². The molecule has 5 rings (SSSR count). The van der Waals surface area contributed by atoms with E-state index in [4.69, 9.17) is 0 Å². The summed E-state index contributed by atoms with van der Waals surface area (Å²) in [5.74, 6) is -0.143. The third-order valence-electron chi connectivity index (χ3n) is 5.56. The van der Waals surface area contributed by atoms with Gasteiger partial charge in [-0.15, -0.1) is 0 Å². The van der Waals surface area contributed by atoms with Crippen LogP contribution in [0.15, 0.2) is 61.4 Å². The van der Waals surface area contributed by atoms with Crippen LogP contribution in [-0.4, -0.2) is 41.7 Å². The van der Waals surface area contributed by atoms with Gasteiger partial charge in [0.05, 0.1) is 24.1 Å². The molecule has 1 amide bonds. The minimum atomic E-state index is -0.143. The first-order valence-electron chi connectivity index (χ1n) is 10.1. The summed E-state index contributed by atoms with van der Waals surface area (Å²) in [5.41, 5.74) is 2.78. The maximum atomic E-state index is 12.6. The van der Waals surface area contributed by atoms with Crippen molar-refractivity contribution in [3.63, 3.8) is 0 Å². The van der Waals surface area contributed by atoms with Crippen molar-refractivity contribution >= 4 is 16.9 Å². The summed E-state index contributed by atoms with van der Waals surface area (Å²) in [6.45, 7) is 0. The van der Waals surface area contributed by atoms with E-state index < -0.39 is 0 Å². The molecule has 0 bridgehead atoms. The van der Waals surface area contributed by atoms with Crippen LogP contribution in [0.5, 0.6) is 0 Å². The first-order valence-corrected chi connectivity index (χ1v) is 10.1. The molecular formula is C22H21N7O. The normalized spacial score (nSPS) is 18.9. The van der Waals surface area contributed by atoms with Gasteiger partial charge in [0.25, 0.3) is 5.91 Å². The van der Waals surface area contributed by atoms with Crippen molar-refractivity contribution in [1.82, 2.24) is 35.0 Å². The standard InChI is InChI=1S/C22H21N7O/c30-22(19-8-3-15-2-1-9-25-21(15)28-19)27-17-4-6-18(7-5-17)29-14-16(12-26-29)20-13-23-10-11-24-20/h1-3,8-14,17-18H,4-7H2,(H,27,30). The molecular weight excluding hydrogens is 378 g/mol. The Kier molecular flexibility index (Phi) is 4.88.